The fourth-order valence-corrected chi connectivity index (χ4v) is 4.60. The van der Waals surface area contributed by atoms with Gasteiger partial charge >= 0.3 is 0 Å². The highest BCUT2D eigenvalue weighted by molar-refractivity contribution is 6.31. The summed E-state index contributed by atoms with van der Waals surface area (Å²) in [7, 11) is 0. The predicted molar refractivity (Wildman–Crippen MR) is 118 cm³/mol. The Labute approximate surface area is 181 Å². The highest BCUT2D eigenvalue weighted by atomic mass is 35.5. The van der Waals surface area contributed by atoms with E-state index in [1.54, 1.807) is 23.1 Å². The Kier molecular flexibility index (Phi) is 6.09. The van der Waals surface area contributed by atoms with Gasteiger partial charge < -0.3 is 9.47 Å². The molecule has 1 fully saturated rings. The Hall–Kier alpha value is -2.40. The van der Waals surface area contributed by atoms with E-state index >= 15 is 0 Å². The minimum atomic E-state index is -0.493. The molecule has 0 N–H and O–H groups in total. The average Bonchev–Trinajstić information content (AvgIpc) is 3.34. The standard InChI is InChI=1S/C24H27ClFN3O/c1-16(2)14-28(24(30)19-9-5-6-10-20(19)26)15-23-27-21-12-11-17(25)13-22(21)29(23)18-7-3-4-8-18/h5-6,9-13,16,18H,3-4,7-8,14-15H2,1-2H3. The zero-order valence-corrected chi connectivity index (χ0v) is 18.2. The Balaban J connectivity index is 1.75. The van der Waals surface area contributed by atoms with Gasteiger partial charge in [0.1, 0.15) is 11.6 Å². The monoisotopic (exact) mass is 427 g/mol. The summed E-state index contributed by atoms with van der Waals surface area (Å²) in [5.41, 5.74) is 1.99. The van der Waals surface area contributed by atoms with Crippen LogP contribution in [0.2, 0.25) is 5.02 Å². The van der Waals surface area contributed by atoms with Crippen LogP contribution >= 0.6 is 11.6 Å². The maximum atomic E-state index is 14.3. The summed E-state index contributed by atoms with van der Waals surface area (Å²) in [6, 6.07) is 12.3. The van der Waals surface area contributed by atoms with Crippen molar-refractivity contribution in [2.75, 3.05) is 6.54 Å². The van der Waals surface area contributed by atoms with Crippen LogP contribution in [0.5, 0.6) is 0 Å². The van der Waals surface area contributed by atoms with Crippen molar-refractivity contribution in [3.8, 4) is 0 Å². The van der Waals surface area contributed by atoms with Crippen LogP contribution in [0, 0.1) is 11.7 Å². The second-order valence-corrected chi connectivity index (χ2v) is 8.97. The Bertz CT molecular complexity index is 1060. The third-order valence-corrected chi connectivity index (χ3v) is 5.96. The van der Waals surface area contributed by atoms with Gasteiger partial charge in [-0.3, -0.25) is 4.79 Å². The third kappa shape index (κ3) is 4.22. The second-order valence-electron chi connectivity index (χ2n) is 8.53. The first-order valence-electron chi connectivity index (χ1n) is 10.6. The molecule has 2 aromatic carbocycles. The van der Waals surface area contributed by atoms with Gasteiger partial charge in [-0.25, -0.2) is 9.37 Å². The third-order valence-electron chi connectivity index (χ3n) is 5.72. The van der Waals surface area contributed by atoms with Crippen molar-refractivity contribution in [2.24, 2.45) is 5.92 Å². The van der Waals surface area contributed by atoms with E-state index in [1.165, 1.54) is 18.9 Å². The maximum Gasteiger partial charge on any atom is 0.257 e. The number of halogens is 2. The van der Waals surface area contributed by atoms with Crippen molar-refractivity contribution in [2.45, 2.75) is 52.1 Å². The molecule has 0 saturated heterocycles. The predicted octanol–water partition coefficient (Wildman–Crippen LogP) is 6.24. The lowest BCUT2D eigenvalue weighted by Gasteiger charge is -2.26. The minimum Gasteiger partial charge on any atom is -0.331 e. The van der Waals surface area contributed by atoms with Gasteiger partial charge in [0.2, 0.25) is 0 Å². The van der Waals surface area contributed by atoms with Crippen LogP contribution in [0.3, 0.4) is 0 Å². The van der Waals surface area contributed by atoms with Gasteiger partial charge in [-0.1, -0.05) is 50.4 Å². The van der Waals surface area contributed by atoms with Crippen LogP contribution < -0.4 is 0 Å². The lowest BCUT2D eigenvalue weighted by Crippen LogP contribution is -2.35. The van der Waals surface area contributed by atoms with Gasteiger partial charge in [0.15, 0.2) is 0 Å². The van der Waals surface area contributed by atoms with E-state index in [0.717, 1.165) is 29.7 Å². The topological polar surface area (TPSA) is 38.1 Å². The second kappa shape index (κ2) is 8.76. The first kappa shape index (κ1) is 20.9. The Morgan fingerprint density at radius 3 is 2.67 bits per heavy atom. The molecule has 1 amide bonds. The number of rotatable bonds is 6. The number of nitrogens with zero attached hydrogens (tertiary/aromatic N) is 3. The normalized spacial score (nSPS) is 14.7. The van der Waals surface area contributed by atoms with Crippen LogP contribution in [0.25, 0.3) is 11.0 Å². The van der Waals surface area contributed by atoms with Crippen molar-refractivity contribution in [3.05, 3.63) is 64.7 Å². The van der Waals surface area contributed by atoms with Crippen molar-refractivity contribution < 1.29 is 9.18 Å². The van der Waals surface area contributed by atoms with Gasteiger partial charge in [-0.2, -0.15) is 0 Å². The number of fused-ring (bicyclic) bond motifs is 1. The number of hydrogen-bond acceptors (Lipinski definition) is 2. The van der Waals surface area contributed by atoms with E-state index in [9.17, 15) is 9.18 Å². The van der Waals surface area contributed by atoms with Crippen molar-refractivity contribution >= 4 is 28.5 Å². The summed E-state index contributed by atoms with van der Waals surface area (Å²) >= 11 is 6.28. The van der Waals surface area contributed by atoms with E-state index in [-0.39, 0.29) is 17.4 Å². The zero-order valence-electron chi connectivity index (χ0n) is 17.4. The van der Waals surface area contributed by atoms with E-state index in [4.69, 9.17) is 16.6 Å². The highest BCUT2D eigenvalue weighted by Gasteiger charge is 2.26. The molecule has 0 radical (unpaired) electrons. The zero-order chi connectivity index (χ0) is 21.3. The van der Waals surface area contributed by atoms with Crippen LogP contribution in [0.1, 0.15) is 61.8 Å². The summed E-state index contributed by atoms with van der Waals surface area (Å²) in [6.07, 6.45) is 4.56. The van der Waals surface area contributed by atoms with Crippen LogP contribution in [-0.4, -0.2) is 26.9 Å². The lowest BCUT2D eigenvalue weighted by molar-refractivity contribution is 0.0710. The van der Waals surface area contributed by atoms with Crippen molar-refractivity contribution in [3.63, 3.8) is 0 Å². The fourth-order valence-electron chi connectivity index (χ4n) is 4.43. The maximum absolute atomic E-state index is 14.3. The molecule has 0 unspecified atom stereocenters. The molecule has 1 aliphatic rings. The lowest BCUT2D eigenvalue weighted by atomic mass is 10.1. The molecule has 6 heteroatoms. The van der Waals surface area contributed by atoms with E-state index in [0.29, 0.717) is 24.2 Å². The van der Waals surface area contributed by atoms with Crippen LogP contribution in [0.15, 0.2) is 42.5 Å². The van der Waals surface area contributed by atoms with Gasteiger partial charge in [-0.15, -0.1) is 0 Å². The molecule has 4 rings (SSSR count). The minimum absolute atomic E-state index is 0.102. The molecule has 0 spiro atoms. The van der Waals surface area contributed by atoms with E-state index < -0.39 is 5.82 Å². The molecule has 0 aliphatic heterocycles. The number of carbonyl (C=O) groups excluding carboxylic acids is 1. The molecule has 3 aromatic rings. The van der Waals surface area contributed by atoms with Crippen molar-refractivity contribution in [1.82, 2.24) is 14.5 Å². The molecule has 30 heavy (non-hydrogen) atoms. The average molecular weight is 428 g/mol. The molecule has 1 heterocycles. The molecule has 0 atom stereocenters. The highest BCUT2D eigenvalue weighted by Crippen LogP contribution is 2.35. The van der Waals surface area contributed by atoms with E-state index in [2.05, 4.69) is 18.4 Å². The van der Waals surface area contributed by atoms with Gasteiger partial charge in [0.05, 0.1) is 23.1 Å². The molecule has 0 bridgehead atoms. The number of carbonyl (C=O) groups is 1. The quantitative estimate of drug-likeness (QED) is 0.466. The molecule has 1 aromatic heterocycles. The fraction of sp³-hybridized carbons (Fsp3) is 0.417. The summed E-state index contributed by atoms with van der Waals surface area (Å²) in [6.45, 7) is 4.98. The molecule has 1 saturated carbocycles. The Morgan fingerprint density at radius 2 is 1.97 bits per heavy atom. The number of benzene rings is 2. The molecular formula is C24H27ClFN3O. The SMILES string of the molecule is CC(C)CN(Cc1nc2ccc(Cl)cc2n1C1CCCC1)C(=O)c1ccccc1F. The first-order chi connectivity index (χ1) is 14.4. The van der Waals surface area contributed by atoms with Crippen LogP contribution in [0.4, 0.5) is 4.39 Å². The van der Waals surface area contributed by atoms with Crippen molar-refractivity contribution in [1.29, 1.82) is 0 Å². The molecule has 4 nitrogen and oxygen atoms in total. The molecule has 1 aliphatic carbocycles. The van der Waals surface area contributed by atoms with E-state index in [1.807, 2.05) is 18.2 Å². The summed E-state index contributed by atoms with van der Waals surface area (Å²) in [4.78, 5) is 19.8. The van der Waals surface area contributed by atoms with Gasteiger partial charge in [-0.05, 0) is 49.1 Å². The van der Waals surface area contributed by atoms with Gasteiger partial charge in [0.25, 0.3) is 5.91 Å². The molecule has 158 valence electrons. The summed E-state index contributed by atoms with van der Waals surface area (Å²) < 4.78 is 16.6. The number of hydrogen-bond donors (Lipinski definition) is 0. The first-order valence-corrected chi connectivity index (χ1v) is 11.0. The number of imidazole rings is 1. The number of amides is 1. The number of aromatic nitrogens is 2. The van der Waals surface area contributed by atoms with Crippen LogP contribution in [-0.2, 0) is 6.54 Å². The molecular weight excluding hydrogens is 401 g/mol. The summed E-state index contributed by atoms with van der Waals surface area (Å²) in [5, 5.41) is 0.676. The van der Waals surface area contributed by atoms with Gasteiger partial charge in [0, 0.05) is 17.6 Å². The largest absolute Gasteiger partial charge is 0.331 e. The Morgan fingerprint density at radius 1 is 1.23 bits per heavy atom. The smallest absolute Gasteiger partial charge is 0.257 e. The summed E-state index contributed by atoms with van der Waals surface area (Å²) in [5.74, 6) is 0.293.